The van der Waals surface area contributed by atoms with Crippen molar-refractivity contribution in [1.29, 1.82) is 0 Å². The lowest BCUT2D eigenvalue weighted by atomic mass is 9.59. The van der Waals surface area contributed by atoms with Crippen LogP contribution in [0.4, 0.5) is 0 Å². The average Bonchev–Trinajstić information content (AvgIpc) is 3.26. The van der Waals surface area contributed by atoms with E-state index >= 15 is 0 Å². The zero-order valence-electron chi connectivity index (χ0n) is 19.0. The molecule has 10 heteroatoms. The summed E-state index contributed by atoms with van der Waals surface area (Å²) < 4.78 is 5.51. The van der Waals surface area contributed by atoms with Gasteiger partial charge in [0.2, 0.25) is 5.78 Å². The third kappa shape index (κ3) is 3.06. The fourth-order valence-corrected chi connectivity index (χ4v) is 5.54. The molecule has 1 saturated carbocycles. The van der Waals surface area contributed by atoms with Crippen LogP contribution >= 0.6 is 0 Å². The molecule has 3 unspecified atom stereocenters. The van der Waals surface area contributed by atoms with Crippen molar-refractivity contribution in [3.05, 3.63) is 51.9 Å². The number of hydrogen-bond donors (Lipinski definition) is 5. The second-order valence-electron chi connectivity index (χ2n) is 9.66. The minimum absolute atomic E-state index is 0.0112. The van der Waals surface area contributed by atoms with Crippen LogP contribution in [0, 0.1) is 11.8 Å². The number of phenols is 1. The lowest BCUT2D eigenvalue weighted by molar-refractivity contribution is -0.147. The Morgan fingerprint density at radius 2 is 1.91 bits per heavy atom. The SMILES string of the molecule is CC(C)c1cc(-c2ccc(O)c3c2CC2CC4CC(=O)C(C(N)=O)=C(O)C4(O)C(=O)C2=C3O)on1. The van der Waals surface area contributed by atoms with Gasteiger partial charge in [-0.1, -0.05) is 19.0 Å². The summed E-state index contributed by atoms with van der Waals surface area (Å²) in [7, 11) is 0. The number of primary amides is 1. The third-order valence-electron chi connectivity index (χ3n) is 7.33. The molecule has 1 heterocycles. The van der Waals surface area contributed by atoms with E-state index in [0.29, 0.717) is 16.9 Å². The summed E-state index contributed by atoms with van der Waals surface area (Å²) >= 11 is 0. The Bertz CT molecular complexity index is 1380. The third-order valence-corrected chi connectivity index (χ3v) is 7.33. The van der Waals surface area contributed by atoms with Crippen LogP contribution in [0.2, 0.25) is 0 Å². The maximum absolute atomic E-state index is 13.5. The van der Waals surface area contributed by atoms with Gasteiger partial charge in [-0.2, -0.15) is 0 Å². The smallest absolute Gasteiger partial charge is 0.255 e. The van der Waals surface area contributed by atoms with Crippen molar-refractivity contribution in [2.75, 3.05) is 0 Å². The summed E-state index contributed by atoms with van der Waals surface area (Å²) in [5.74, 6) is -6.06. The number of ketones is 2. The zero-order valence-corrected chi connectivity index (χ0v) is 19.0. The monoisotopic (exact) mass is 480 g/mol. The molecule has 0 bridgehead atoms. The van der Waals surface area contributed by atoms with Gasteiger partial charge in [0.05, 0.1) is 11.3 Å². The number of nitrogens with zero attached hydrogens (tertiary/aromatic N) is 1. The molecule has 10 nitrogen and oxygen atoms in total. The lowest BCUT2D eigenvalue weighted by Gasteiger charge is -2.46. The largest absolute Gasteiger partial charge is 0.508 e. The van der Waals surface area contributed by atoms with Crippen LogP contribution in [-0.2, 0) is 20.8 Å². The zero-order chi connectivity index (χ0) is 25.4. The number of aliphatic hydroxyl groups excluding tert-OH is 2. The highest BCUT2D eigenvalue weighted by Crippen LogP contribution is 2.53. The van der Waals surface area contributed by atoms with Crippen molar-refractivity contribution in [1.82, 2.24) is 5.16 Å². The molecule has 182 valence electrons. The van der Waals surface area contributed by atoms with Gasteiger partial charge in [0.15, 0.2) is 17.1 Å². The molecule has 5 rings (SSSR count). The first-order valence-electron chi connectivity index (χ1n) is 11.3. The fourth-order valence-electron chi connectivity index (χ4n) is 5.54. The summed E-state index contributed by atoms with van der Waals surface area (Å²) in [6.07, 6.45) is -0.115. The number of nitrogens with two attached hydrogens (primary N) is 1. The van der Waals surface area contributed by atoms with Gasteiger partial charge in [0.1, 0.15) is 22.8 Å². The number of amides is 1. The van der Waals surface area contributed by atoms with Gasteiger partial charge < -0.3 is 30.7 Å². The molecule has 1 amide bonds. The molecule has 3 aliphatic carbocycles. The lowest BCUT2D eigenvalue weighted by Crippen LogP contribution is -2.58. The Labute approximate surface area is 199 Å². The van der Waals surface area contributed by atoms with Gasteiger partial charge in [-0.15, -0.1) is 0 Å². The normalized spacial score (nSPS) is 26.1. The highest BCUT2D eigenvalue weighted by atomic mass is 16.5. The number of benzene rings is 1. The van der Waals surface area contributed by atoms with E-state index in [1.807, 2.05) is 13.8 Å². The van der Waals surface area contributed by atoms with Crippen LogP contribution in [0.1, 0.15) is 49.4 Å². The number of rotatable bonds is 3. The number of aliphatic hydroxyl groups is 3. The second-order valence-corrected chi connectivity index (χ2v) is 9.66. The standard InChI is InChI=1S/C25H24N2O8/c1-9(2)14-8-17(35-27-14)12-3-4-15(28)19-13(12)6-10-5-11-7-16(29)20(24(26)33)23(32)25(11,34)22(31)18(10)21(19)30/h3-4,8-11,28,30,32,34H,5-7H2,1-2H3,(H2,26,33). The number of carbonyl (C=O) groups is 3. The van der Waals surface area contributed by atoms with Crippen molar-refractivity contribution >= 4 is 23.2 Å². The van der Waals surface area contributed by atoms with Crippen molar-refractivity contribution < 1.29 is 39.3 Å². The van der Waals surface area contributed by atoms with Gasteiger partial charge in [0.25, 0.3) is 5.91 Å². The van der Waals surface area contributed by atoms with Gasteiger partial charge >= 0.3 is 0 Å². The predicted octanol–water partition coefficient (Wildman–Crippen LogP) is 2.20. The van der Waals surface area contributed by atoms with Crippen LogP contribution in [0.15, 0.2) is 39.6 Å². The molecule has 3 atom stereocenters. The first-order valence-corrected chi connectivity index (χ1v) is 11.3. The van der Waals surface area contributed by atoms with E-state index in [-0.39, 0.29) is 42.1 Å². The van der Waals surface area contributed by atoms with Crippen LogP contribution in [0.5, 0.6) is 5.75 Å². The molecule has 3 aliphatic rings. The first-order chi connectivity index (χ1) is 16.5. The minimum atomic E-state index is -2.58. The Morgan fingerprint density at radius 1 is 1.20 bits per heavy atom. The molecule has 1 fully saturated rings. The number of aromatic hydroxyl groups is 1. The van der Waals surface area contributed by atoms with Crippen molar-refractivity contribution in [2.24, 2.45) is 17.6 Å². The number of fused-ring (bicyclic) bond motifs is 3. The number of carbonyl (C=O) groups excluding carboxylic acids is 3. The van der Waals surface area contributed by atoms with E-state index < -0.39 is 52.0 Å². The number of aromatic nitrogens is 1. The molecule has 2 aromatic rings. The van der Waals surface area contributed by atoms with E-state index in [4.69, 9.17) is 10.3 Å². The van der Waals surface area contributed by atoms with Crippen LogP contribution in [0.3, 0.4) is 0 Å². The molecular weight excluding hydrogens is 456 g/mol. The number of hydrogen-bond acceptors (Lipinski definition) is 9. The molecule has 6 N–H and O–H groups in total. The molecule has 0 spiro atoms. The quantitative estimate of drug-likeness (QED) is 0.411. The summed E-state index contributed by atoms with van der Waals surface area (Å²) in [5.41, 5.74) is 3.46. The van der Waals surface area contributed by atoms with Crippen molar-refractivity contribution in [2.45, 2.75) is 44.6 Å². The molecule has 35 heavy (non-hydrogen) atoms. The topological polar surface area (TPSA) is 184 Å². The Morgan fingerprint density at radius 3 is 2.54 bits per heavy atom. The maximum Gasteiger partial charge on any atom is 0.255 e. The van der Waals surface area contributed by atoms with Crippen LogP contribution < -0.4 is 5.73 Å². The molecule has 1 aromatic heterocycles. The van der Waals surface area contributed by atoms with E-state index in [2.05, 4.69) is 5.16 Å². The van der Waals surface area contributed by atoms with Crippen molar-refractivity contribution in [3.63, 3.8) is 0 Å². The summed E-state index contributed by atoms with van der Waals surface area (Å²) in [5, 5.41) is 47.7. The number of Topliss-reactive ketones (excluding diaryl/α,β-unsaturated/α-hetero) is 2. The second kappa shape index (κ2) is 7.54. The van der Waals surface area contributed by atoms with Gasteiger partial charge in [0, 0.05) is 29.5 Å². The first kappa shape index (κ1) is 22.9. The fraction of sp³-hybridized carbons (Fsp3) is 0.360. The average molecular weight is 480 g/mol. The molecule has 0 saturated heterocycles. The molecular formula is C25H24N2O8. The van der Waals surface area contributed by atoms with E-state index in [9.17, 15) is 34.8 Å². The van der Waals surface area contributed by atoms with Gasteiger partial charge in [-0.3, -0.25) is 14.4 Å². The van der Waals surface area contributed by atoms with Gasteiger partial charge in [-0.05, 0) is 42.4 Å². The predicted molar refractivity (Wildman–Crippen MR) is 121 cm³/mol. The van der Waals surface area contributed by atoms with E-state index in [1.54, 1.807) is 12.1 Å². The highest BCUT2D eigenvalue weighted by Gasteiger charge is 2.60. The summed E-state index contributed by atoms with van der Waals surface area (Å²) in [4.78, 5) is 37.7. The van der Waals surface area contributed by atoms with Gasteiger partial charge in [-0.25, -0.2) is 0 Å². The molecule has 0 aliphatic heterocycles. The van der Waals surface area contributed by atoms with Crippen molar-refractivity contribution in [3.8, 4) is 17.1 Å². The Kier molecular flexibility index (Phi) is 4.92. The molecule has 0 radical (unpaired) electrons. The highest BCUT2D eigenvalue weighted by molar-refractivity contribution is 6.22. The van der Waals surface area contributed by atoms with E-state index in [0.717, 1.165) is 5.69 Å². The van der Waals surface area contributed by atoms with Crippen LogP contribution in [-0.4, -0.2) is 48.7 Å². The summed E-state index contributed by atoms with van der Waals surface area (Å²) in [6.45, 7) is 3.92. The maximum atomic E-state index is 13.5. The Balaban J connectivity index is 1.68. The Hall–Kier alpha value is -3.92. The number of phenolic OH excluding ortho intramolecular Hbond substituents is 1. The van der Waals surface area contributed by atoms with Crippen LogP contribution in [0.25, 0.3) is 17.1 Å². The minimum Gasteiger partial charge on any atom is -0.508 e. The molecule has 1 aromatic carbocycles. The van der Waals surface area contributed by atoms with E-state index in [1.165, 1.54) is 6.07 Å². The summed E-state index contributed by atoms with van der Waals surface area (Å²) in [6, 6.07) is 4.76.